The highest BCUT2D eigenvalue weighted by atomic mass is 32.2. The van der Waals surface area contributed by atoms with Gasteiger partial charge in [0.05, 0.1) is 0 Å². The Morgan fingerprint density at radius 2 is 1.79 bits per heavy atom. The van der Waals surface area contributed by atoms with E-state index in [9.17, 15) is 0 Å². The van der Waals surface area contributed by atoms with E-state index in [0.29, 0.717) is 5.41 Å². The standard InChI is InChI=1S/C16H22N2S/c1-11-2-3-17-15(18-11)19-10-16-7-12-4-13(8-16)6-14(5-12)9-16/h2-3,12-14H,4-10H2,1H3. The van der Waals surface area contributed by atoms with Gasteiger partial charge in [0, 0.05) is 17.6 Å². The van der Waals surface area contributed by atoms with E-state index in [0.717, 1.165) is 28.6 Å². The van der Waals surface area contributed by atoms with Crippen molar-refractivity contribution in [1.29, 1.82) is 0 Å². The molecule has 4 aliphatic rings. The van der Waals surface area contributed by atoms with Gasteiger partial charge in [0.2, 0.25) is 0 Å². The van der Waals surface area contributed by atoms with Crippen LogP contribution in [0.1, 0.15) is 44.2 Å². The first kappa shape index (κ1) is 12.2. The smallest absolute Gasteiger partial charge is 0.187 e. The number of hydrogen-bond acceptors (Lipinski definition) is 3. The van der Waals surface area contributed by atoms with Crippen LogP contribution in [0.4, 0.5) is 0 Å². The highest BCUT2D eigenvalue weighted by Crippen LogP contribution is 2.61. The summed E-state index contributed by atoms with van der Waals surface area (Å²) in [5.74, 6) is 4.39. The molecule has 3 heteroatoms. The van der Waals surface area contributed by atoms with Gasteiger partial charge in [-0.2, -0.15) is 0 Å². The van der Waals surface area contributed by atoms with Crippen LogP contribution in [0, 0.1) is 30.1 Å². The van der Waals surface area contributed by atoms with Crippen LogP contribution >= 0.6 is 11.8 Å². The molecule has 2 nitrogen and oxygen atoms in total. The topological polar surface area (TPSA) is 25.8 Å². The molecule has 1 heterocycles. The largest absolute Gasteiger partial charge is 0.231 e. The highest BCUT2D eigenvalue weighted by molar-refractivity contribution is 7.99. The van der Waals surface area contributed by atoms with Gasteiger partial charge >= 0.3 is 0 Å². The molecule has 0 atom stereocenters. The van der Waals surface area contributed by atoms with E-state index >= 15 is 0 Å². The number of nitrogens with zero attached hydrogens (tertiary/aromatic N) is 2. The zero-order valence-corrected chi connectivity index (χ0v) is 12.5. The van der Waals surface area contributed by atoms with E-state index in [1.165, 1.54) is 44.3 Å². The third-order valence-corrected chi connectivity index (χ3v) is 6.66. The Morgan fingerprint density at radius 3 is 2.37 bits per heavy atom. The molecule has 0 amide bonds. The lowest BCUT2D eigenvalue weighted by Gasteiger charge is -2.56. The molecule has 0 saturated heterocycles. The Bertz CT molecular complexity index is 450. The van der Waals surface area contributed by atoms with Crippen LogP contribution < -0.4 is 0 Å². The fraction of sp³-hybridized carbons (Fsp3) is 0.750. The van der Waals surface area contributed by atoms with Crippen LogP contribution in [-0.2, 0) is 0 Å². The first-order valence-electron chi connectivity index (χ1n) is 7.63. The maximum atomic E-state index is 4.54. The maximum Gasteiger partial charge on any atom is 0.187 e. The van der Waals surface area contributed by atoms with Gasteiger partial charge in [0.15, 0.2) is 5.16 Å². The molecule has 0 aromatic carbocycles. The number of thioether (sulfide) groups is 1. The molecule has 0 aliphatic heterocycles. The molecule has 0 unspecified atom stereocenters. The van der Waals surface area contributed by atoms with Crippen molar-refractivity contribution in [3.63, 3.8) is 0 Å². The van der Waals surface area contributed by atoms with Crippen molar-refractivity contribution >= 4 is 11.8 Å². The highest BCUT2D eigenvalue weighted by Gasteiger charge is 2.50. The zero-order valence-electron chi connectivity index (χ0n) is 11.6. The molecule has 4 fully saturated rings. The predicted octanol–water partition coefficient (Wildman–Crippen LogP) is 4.09. The minimum absolute atomic E-state index is 0.631. The first-order chi connectivity index (χ1) is 9.21. The third kappa shape index (κ3) is 2.31. The molecule has 5 rings (SSSR count). The van der Waals surface area contributed by atoms with Crippen LogP contribution in [0.5, 0.6) is 0 Å². The summed E-state index contributed by atoms with van der Waals surface area (Å²) in [5, 5.41) is 0.982. The van der Waals surface area contributed by atoms with E-state index in [1.54, 1.807) is 0 Å². The normalized spacial score (nSPS) is 39.7. The second-order valence-electron chi connectivity index (χ2n) is 7.19. The van der Waals surface area contributed by atoms with Crippen molar-refractivity contribution in [3.8, 4) is 0 Å². The van der Waals surface area contributed by atoms with Crippen LogP contribution in [-0.4, -0.2) is 15.7 Å². The van der Waals surface area contributed by atoms with Crippen molar-refractivity contribution in [2.75, 3.05) is 5.75 Å². The average Bonchev–Trinajstić information content (AvgIpc) is 2.35. The molecule has 0 spiro atoms. The van der Waals surface area contributed by atoms with Gasteiger partial charge in [-0.1, -0.05) is 11.8 Å². The minimum atomic E-state index is 0.631. The lowest BCUT2D eigenvalue weighted by Crippen LogP contribution is -2.47. The lowest BCUT2D eigenvalue weighted by molar-refractivity contribution is -0.0381. The van der Waals surface area contributed by atoms with Gasteiger partial charge in [0.1, 0.15) is 0 Å². The van der Waals surface area contributed by atoms with E-state index in [2.05, 4.69) is 16.9 Å². The molecule has 19 heavy (non-hydrogen) atoms. The van der Waals surface area contributed by atoms with E-state index < -0.39 is 0 Å². The molecular formula is C16H22N2S. The fourth-order valence-electron chi connectivity index (χ4n) is 5.18. The van der Waals surface area contributed by atoms with Gasteiger partial charge in [-0.15, -0.1) is 0 Å². The van der Waals surface area contributed by atoms with Gasteiger partial charge in [-0.05, 0) is 74.7 Å². The van der Waals surface area contributed by atoms with E-state index in [-0.39, 0.29) is 0 Å². The second-order valence-corrected chi connectivity index (χ2v) is 8.13. The minimum Gasteiger partial charge on any atom is -0.231 e. The summed E-state index contributed by atoms with van der Waals surface area (Å²) >= 11 is 1.90. The summed E-state index contributed by atoms with van der Waals surface area (Å²) in [6.07, 6.45) is 10.9. The predicted molar refractivity (Wildman–Crippen MR) is 78.1 cm³/mol. The Kier molecular flexibility index (Phi) is 2.87. The molecule has 0 N–H and O–H groups in total. The van der Waals surface area contributed by atoms with Crippen LogP contribution in [0.15, 0.2) is 17.4 Å². The van der Waals surface area contributed by atoms with Gasteiger partial charge in [-0.25, -0.2) is 9.97 Å². The van der Waals surface area contributed by atoms with Crippen molar-refractivity contribution in [3.05, 3.63) is 18.0 Å². The molecule has 4 bridgehead atoms. The summed E-state index contributed by atoms with van der Waals surface area (Å²) < 4.78 is 0. The van der Waals surface area contributed by atoms with Crippen LogP contribution in [0.2, 0.25) is 0 Å². The van der Waals surface area contributed by atoms with Crippen LogP contribution in [0.3, 0.4) is 0 Å². The quantitative estimate of drug-likeness (QED) is 0.613. The SMILES string of the molecule is Cc1ccnc(SCC23CC4CC(CC(C4)C2)C3)n1. The van der Waals surface area contributed by atoms with Crippen molar-refractivity contribution in [2.45, 2.75) is 50.6 Å². The van der Waals surface area contributed by atoms with Crippen molar-refractivity contribution in [1.82, 2.24) is 9.97 Å². The zero-order chi connectivity index (χ0) is 12.9. The molecule has 4 saturated carbocycles. The summed E-state index contributed by atoms with van der Waals surface area (Å²) in [6.45, 7) is 2.05. The van der Waals surface area contributed by atoms with Gasteiger partial charge in [0.25, 0.3) is 0 Å². The molecule has 1 aromatic rings. The lowest BCUT2D eigenvalue weighted by atomic mass is 9.50. The van der Waals surface area contributed by atoms with Crippen molar-refractivity contribution in [2.24, 2.45) is 23.2 Å². The third-order valence-electron chi connectivity index (χ3n) is 5.45. The Labute approximate surface area is 119 Å². The van der Waals surface area contributed by atoms with E-state index in [4.69, 9.17) is 0 Å². The summed E-state index contributed by atoms with van der Waals surface area (Å²) in [4.78, 5) is 8.95. The summed E-state index contributed by atoms with van der Waals surface area (Å²) in [5.41, 5.74) is 1.72. The number of aromatic nitrogens is 2. The maximum absolute atomic E-state index is 4.54. The number of aryl methyl sites for hydroxylation is 1. The second kappa shape index (κ2) is 4.47. The molecule has 0 radical (unpaired) electrons. The Balaban J connectivity index is 1.48. The monoisotopic (exact) mass is 274 g/mol. The number of rotatable bonds is 3. The molecule has 102 valence electrons. The van der Waals surface area contributed by atoms with Crippen molar-refractivity contribution < 1.29 is 0 Å². The van der Waals surface area contributed by atoms with Gasteiger partial charge in [-0.3, -0.25) is 0 Å². The molecular weight excluding hydrogens is 252 g/mol. The summed E-state index contributed by atoms with van der Waals surface area (Å²) in [6, 6.07) is 1.98. The Hall–Kier alpha value is -0.570. The van der Waals surface area contributed by atoms with Crippen LogP contribution in [0.25, 0.3) is 0 Å². The first-order valence-corrected chi connectivity index (χ1v) is 8.62. The van der Waals surface area contributed by atoms with E-state index in [1.807, 2.05) is 24.0 Å². The fourth-order valence-corrected chi connectivity index (χ4v) is 6.31. The Morgan fingerprint density at radius 1 is 1.16 bits per heavy atom. The average molecular weight is 274 g/mol. The number of hydrogen-bond donors (Lipinski definition) is 0. The summed E-state index contributed by atoms with van der Waals surface area (Å²) in [7, 11) is 0. The molecule has 4 aliphatic carbocycles. The molecule has 1 aromatic heterocycles. The van der Waals surface area contributed by atoms with Gasteiger partial charge < -0.3 is 0 Å².